The van der Waals surface area contributed by atoms with Crippen molar-refractivity contribution in [1.29, 1.82) is 0 Å². The minimum Gasteiger partial charge on any atom is -0.380 e. The molecule has 0 saturated carbocycles. The summed E-state index contributed by atoms with van der Waals surface area (Å²) in [6.07, 6.45) is 5.58. The van der Waals surface area contributed by atoms with Gasteiger partial charge in [-0.05, 0) is 31.0 Å². The van der Waals surface area contributed by atoms with E-state index in [1.807, 2.05) is 0 Å². The lowest BCUT2D eigenvalue weighted by Gasteiger charge is -2.30. The summed E-state index contributed by atoms with van der Waals surface area (Å²) in [4.78, 5) is 2.24. The van der Waals surface area contributed by atoms with Crippen LogP contribution < -0.4 is 5.73 Å². The van der Waals surface area contributed by atoms with Crippen molar-refractivity contribution in [1.82, 2.24) is 4.90 Å². The highest BCUT2D eigenvalue weighted by atomic mass is 15.1. The first kappa shape index (κ1) is 8.60. The number of rotatable bonds is 2. The first-order valence-electron chi connectivity index (χ1n) is 4.32. The fourth-order valence-corrected chi connectivity index (χ4v) is 1.61. The molecule has 0 spiro atoms. The van der Waals surface area contributed by atoms with Crippen LogP contribution >= 0.6 is 0 Å². The van der Waals surface area contributed by atoms with Crippen molar-refractivity contribution in [2.45, 2.75) is 13.3 Å². The maximum Gasteiger partial charge on any atom is 0.0203 e. The van der Waals surface area contributed by atoms with Gasteiger partial charge in [-0.3, -0.25) is 0 Å². The third-order valence-corrected chi connectivity index (χ3v) is 2.45. The SMILES string of the molecule is CC1C=CN(C)CC1CCN. The van der Waals surface area contributed by atoms with Crippen molar-refractivity contribution in [3.05, 3.63) is 12.3 Å². The molecule has 1 aliphatic heterocycles. The molecule has 2 unspecified atom stereocenters. The smallest absolute Gasteiger partial charge is 0.0203 e. The summed E-state index contributed by atoms with van der Waals surface area (Å²) in [6.45, 7) is 4.25. The second-order valence-corrected chi connectivity index (χ2v) is 3.48. The van der Waals surface area contributed by atoms with Gasteiger partial charge >= 0.3 is 0 Å². The molecule has 0 aromatic heterocycles. The second kappa shape index (κ2) is 3.77. The van der Waals surface area contributed by atoms with Gasteiger partial charge in [0.15, 0.2) is 0 Å². The lowest BCUT2D eigenvalue weighted by Crippen LogP contribution is -2.30. The number of nitrogens with two attached hydrogens (primary N) is 1. The van der Waals surface area contributed by atoms with E-state index in [9.17, 15) is 0 Å². The van der Waals surface area contributed by atoms with Gasteiger partial charge in [-0.1, -0.05) is 13.0 Å². The van der Waals surface area contributed by atoms with Crippen LogP contribution in [-0.4, -0.2) is 25.0 Å². The summed E-state index contributed by atoms with van der Waals surface area (Å²) in [5.41, 5.74) is 5.52. The highest BCUT2D eigenvalue weighted by molar-refractivity contribution is 4.95. The largest absolute Gasteiger partial charge is 0.380 e. The Kier molecular flexibility index (Phi) is 2.94. The minimum atomic E-state index is 0.703. The molecule has 1 aliphatic rings. The molecular formula is C9H18N2. The van der Waals surface area contributed by atoms with Crippen LogP contribution in [0.4, 0.5) is 0 Å². The molecule has 0 fully saturated rings. The molecule has 11 heavy (non-hydrogen) atoms. The van der Waals surface area contributed by atoms with Gasteiger partial charge in [0.2, 0.25) is 0 Å². The molecule has 1 rings (SSSR count). The highest BCUT2D eigenvalue weighted by Gasteiger charge is 2.18. The third kappa shape index (κ3) is 2.22. The molecule has 0 saturated heterocycles. The third-order valence-electron chi connectivity index (χ3n) is 2.45. The molecule has 1 heterocycles. The van der Waals surface area contributed by atoms with Crippen molar-refractivity contribution >= 4 is 0 Å². The van der Waals surface area contributed by atoms with Gasteiger partial charge in [-0.2, -0.15) is 0 Å². The van der Waals surface area contributed by atoms with Crippen LogP contribution in [0.1, 0.15) is 13.3 Å². The van der Waals surface area contributed by atoms with E-state index in [0.29, 0.717) is 5.92 Å². The fraction of sp³-hybridized carbons (Fsp3) is 0.778. The molecule has 2 N–H and O–H groups in total. The Morgan fingerprint density at radius 1 is 1.64 bits per heavy atom. The van der Waals surface area contributed by atoms with E-state index < -0.39 is 0 Å². The molecular weight excluding hydrogens is 136 g/mol. The summed E-state index contributed by atoms with van der Waals surface area (Å²) in [5.74, 6) is 1.46. The van der Waals surface area contributed by atoms with Crippen LogP contribution in [0, 0.1) is 11.8 Å². The number of hydrogen-bond donors (Lipinski definition) is 1. The van der Waals surface area contributed by atoms with Crippen molar-refractivity contribution in [2.75, 3.05) is 20.1 Å². The van der Waals surface area contributed by atoms with E-state index in [-0.39, 0.29) is 0 Å². The van der Waals surface area contributed by atoms with E-state index in [1.165, 1.54) is 0 Å². The van der Waals surface area contributed by atoms with Crippen LogP contribution in [0.2, 0.25) is 0 Å². The zero-order chi connectivity index (χ0) is 8.27. The predicted octanol–water partition coefficient (Wildman–Crippen LogP) is 1.05. The molecule has 64 valence electrons. The van der Waals surface area contributed by atoms with Gasteiger partial charge in [-0.25, -0.2) is 0 Å². The Morgan fingerprint density at radius 3 is 3.00 bits per heavy atom. The topological polar surface area (TPSA) is 29.3 Å². The number of hydrogen-bond acceptors (Lipinski definition) is 2. The summed E-state index contributed by atoms with van der Waals surface area (Å²) in [5, 5.41) is 0. The lowest BCUT2D eigenvalue weighted by atomic mass is 9.88. The quantitative estimate of drug-likeness (QED) is 0.644. The average molecular weight is 154 g/mol. The number of nitrogens with zero attached hydrogens (tertiary/aromatic N) is 1. The molecule has 0 radical (unpaired) electrons. The van der Waals surface area contributed by atoms with E-state index in [4.69, 9.17) is 5.73 Å². The number of allylic oxidation sites excluding steroid dienone is 1. The van der Waals surface area contributed by atoms with Gasteiger partial charge in [0.1, 0.15) is 0 Å². The van der Waals surface area contributed by atoms with Gasteiger partial charge < -0.3 is 10.6 Å². The average Bonchev–Trinajstić information content (AvgIpc) is 1.98. The van der Waals surface area contributed by atoms with Crippen molar-refractivity contribution in [3.8, 4) is 0 Å². The van der Waals surface area contributed by atoms with Crippen LogP contribution in [0.15, 0.2) is 12.3 Å². The Hall–Kier alpha value is -0.500. The zero-order valence-electron chi connectivity index (χ0n) is 7.46. The molecule has 0 aliphatic carbocycles. The van der Waals surface area contributed by atoms with Gasteiger partial charge in [0, 0.05) is 13.6 Å². The van der Waals surface area contributed by atoms with Gasteiger partial charge in [-0.15, -0.1) is 0 Å². The predicted molar refractivity (Wildman–Crippen MR) is 48.1 cm³/mol. The molecule has 0 amide bonds. The van der Waals surface area contributed by atoms with Gasteiger partial charge in [0.05, 0.1) is 0 Å². The Labute approximate surface area is 69.1 Å². The minimum absolute atomic E-state index is 0.703. The van der Waals surface area contributed by atoms with Crippen molar-refractivity contribution in [2.24, 2.45) is 17.6 Å². The normalized spacial score (nSPS) is 31.0. The maximum absolute atomic E-state index is 5.52. The van der Waals surface area contributed by atoms with E-state index in [2.05, 4.69) is 31.1 Å². The van der Waals surface area contributed by atoms with Crippen LogP contribution in [0.3, 0.4) is 0 Å². The summed E-state index contributed by atoms with van der Waals surface area (Å²) in [7, 11) is 2.12. The maximum atomic E-state index is 5.52. The fourth-order valence-electron chi connectivity index (χ4n) is 1.61. The molecule has 0 aromatic carbocycles. The Morgan fingerprint density at radius 2 is 2.36 bits per heavy atom. The van der Waals surface area contributed by atoms with Crippen LogP contribution in [-0.2, 0) is 0 Å². The molecule has 0 aromatic rings. The van der Waals surface area contributed by atoms with Crippen molar-refractivity contribution < 1.29 is 0 Å². The highest BCUT2D eigenvalue weighted by Crippen LogP contribution is 2.21. The van der Waals surface area contributed by atoms with E-state index in [1.54, 1.807) is 0 Å². The Bertz CT molecular complexity index is 142. The molecule has 2 nitrogen and oxygen atoms in total. The first-order valence-corrected chi connectivity index (χ1v) is 4.32. The first-order chi connectivity index (χ1) is 5.24. The summed E-state index contributed by atoms with van der Waals surface area (Å²) < 4.78 is 0. The van der Waals surface area contributed by atoms with E-state index >= 15 is 0 Å². The summed E-state index contributed by atoms with van der Waals surface area (Å²) in [6, 6.07) is 0. The summed E-state index contributed by atoms with van der Waals surface area (Å²) >= 11 is 0. The molecule has 2 heteroatoms. The van der Waals surface area contributed by atoms with Crippen molar-refractivity contribution in [3.63, 3.8) is 0 Å². The van der Waals surface area contributed by atoms with E-state index in [0.717, 1.165) is 25.4 Å². The van der Waals surface area contributed by atoms with Crippen LogP contribution in [0.5, 0.6) is 0 Å². The molecule has 0 bridgehead atoms. The second-order valence-electron chi connectivity index (χ2n) is 3.48. The van der Waals surface area contributed by atoms with Gasteiger partial charge in [0.25, 0.3) is 0 Å². The Balaban J connectivity index is 2.46. The monoisotopic (exact) mass is 154 g/mol. The lowest BCUT2D eigenvalue weighted by molar-refractivity contribution is 0.269. The van der Waals surface area contributed by atoms with Crippen LogP contribution in [0.25, 0.3) is 0 Å². The zero-order valence-corrected chi connectivity index (χ0v) is 7.46. The standard InChI is InChI=1S/C9H18N2/c1-8-4-6-11(2)7-9(8)3-5-10/h4,6,8-9H,3,5,7,10H2,1-2H3. The molecule has 2 atom stereocenters.